The Morgan fingerprint density at radius 1 is 1.43 bits per heavy atom. The predicted octanol–water partition coefficient (Wildman–Crippen LogP) is 2.80. The minimum absolute atomic E-state index is 0. The second-order valence-electron chi connectivity index (χ2n) is 6.74. The summed E-state index contributed by atoms with van der Waals surface area (Å²) in [4.78, 5) is 23.0. The highest BCUT2D eigenvalue weighted by Crippen LogP contribution is 2.31. The van der Waals surface area contributed by atoms with Crippen LogP contribution in [-0.4, -0.2) is 30.0 Å². The quantitative estimate of drug-likeness (QED) is 0.651. The topological polar surface area (TPSA) is 84.3 Å². The molecule has 1 aliphatic rings. The fraction of sp³-hybridized carbons (Fsp3) is 0.562. The molecule has 6 nitrogen and oxygen atoms in total. The van der Waals surface area contributed by atoms with Crippen molar-refractivity contribution in [2.45, 2.75) is 45.1 Å². The normalized spacial score (nSPS) is 17.4. The first-order valence-corrected chi connectivity index (χ1v) is 7.59. The molecule has 128 valence electrons. The van der Waals surface area contributed by atoms with Crippen LogP contribution in [-0.2, 0) is 5.41 Å². The van der Waals surface area contributed by atoms with Gasteiger partial charge in [-0.25, -0.2) is 0 Å². The maximum Gasteiger partial charge on any atom is 0.273 e. The first-order chi connectivity index (χ1) is 10.3. The molecule has 1 aromatic rings. The smallest absolute Gasteiger partial charge is 0.273 e. The van der Waals surface area contributed by atoms with Crippen LogP contribution in [0.1, 0.15) is 49.5 Å². The van der Waals surface area contributed by atoms with Crippen LogP contribution < -0.4 is 10.6 Å². The number of nitrogens with zero attached hydrogens (tertiary/aromatic N) is 1. The maximum absolute atomic E-state index is 12.2. The molecule has 2 rings (SSSR count). The Hall–Kier alpha value is -1.66. The largest absolute Gasteiger partial charge is 0.350 e. The van der Waals surface area contributed by atoms with Gasteiger partial charge in [0.15, 0.2) is 0 Å². The fourth-order valence-corrected chi connectivity index (χ4v) is 2.71. The second-order valence-corrected chi connectivity index (χ2v) is 6.74. The zero-order valence-electron chi connectivity index (χ0n) is 13.7. The van der Waals surface area contributed by atoms with Gasteiger partial charge < -0.3 is 10.6 Å². The molecule has 1 aromatic carbocycles. The number of nitro groups is 1. The summed E-state index contributed by atoms with van der Waals surface area (Å²) in [6, 6.07) is 5.01. The zero-order valence-corrected chi connectivity index (χ0v) is 14.5. The van der Waals surface area contributed by atoms with Gasteiger partial charge in [0.25, 0.3) is 11.6 Å². The van der Waals surface area contributed by atoms with Crippen LogP contribution >= 0.6 is 12.4 Å². The Labute approximate surface area is 142 Å². The Balaban J connectivity index is 0.00000264. The summed E-state index contributed by atoms with van der Waals surface area (Å²) in [7, 11) is 0. The van der Waals surface area contributed by atoms with Crippen molar-refractivity contribution in [3.8, 4) is 0 Å². The number of carbonyl (C=O) groups is 1. The summed E-state index contributed by atoms with van der Waals surface area (Å²) >= 11 is 0. The molecule has 0 aliphatic carbocycles. The van der Waals surface area contributed by atoms with Crippen molar-refractivity contribution in [2.24, 2.45) is 0 Å². The van der Waals surface area contributed by atoms with E-state index in [4.69, 9.17) is 0 Å². The number of benzene rings is 1. The van der Waals surface area contributed by atoms with Gasteiger partial charge in [-0.05, 0) is 30.9 Å². The Bertz CT molecular complexity index is 578. The number of rotatable bonds is 4. The molecule has 0 bridgehead atoms. The van der Waals surface area contributed by atoms with Crippen molar-refractivity contribution in [1.82, 2.24) is 10.6 Å². The molecule has 1 amide bonds. The molecule has 1 unspecified atom stereocenters. The molecule has 0 saturated carbocycles. The molecule has 1 atom stereocenters. The molecular formula is C16H24ClN3O3. The fourth-order valence-electron chi connectivity index (χ4n) is 2.71. The van der Waals surface area contributed by atoms with Crippen molar-refractivity contribution in [3.05, 3.63) is 39.4 Å². The predicted molar refractivity (Wildman–Crippen MR) is 92.4 cm³/mol. The average Bonchev–Trinajstić information content (AvgIpc) is 2.96. The Morgan fingerprint density at radius 2 is 2.13 bits per heavy atom. The van der Waals surface area contributed by atoms with E-state index in [1.807, 2.05) is 20.8 Å². The maximum atomic E-state index is 12.2. The molecule has 2 N–H and O–H groups in total. The second kappa shape index (κ2) is 7.75. The first kappa shape index (κ1) is 19.4. The summed E-state index contributed by atoms with van der Waals surface area (Å²) in [6.45, 7) is 7.28. The summed E-state index contributed by atoms with van der Waals surface area (Å²) in [5, 5.41) is 17.4. The number of amides is 1. The molecule has 1 fully saturated rings. The number of hydrogen-bond donors (Lipinski definition) is 2. The van der Waals surface area contributed by atoms with Gasteiger partial charge in [-0.1, -0.05) is 26.8 Å². The highest BCUT2D eigenvalue weighted by Gasteiger charge is 2.26. The molecule has 1 aliphatic heterocycles. The summed E-state index contributed by atoms with van der Waals surface area (Å²) in [5.74, 6) is -0.266. The van der Waals surface area contributed by atoms with Crippen molar-refractivity contribution in [3.63, 3.8) is 0 Å². The lowest BCUT2D eigenvalue weighted by Crippen LogP contribution is -2.37. The molecule has 23 heavy (non-hydrogen) atoms. The average molecular weight is 342 g/mol. The monoisotopic (exact) mass is 341 g/mol. The molecular weight excluding hydrogens is 318 g/mol. The van der Waals surface area contributed by atoms with E-state index in [1.54, 1.807) is 12.1 Å². The number of hydrogen-bond acceptors (Lipinski definition) is 4. The molecule has 0 radical (unpaired) electrons. The van der Waals surface area contributed by atoms with Gasteiger partial charge in [0.2, 0.25) is 0 Å². The third kappa shape index (κ3) is 4.91. The lowest BCUT2D eigenvalue weighted by molar-refractivity contribution is -0.386. The highest BCUT2D eigenvalue weighted by molar-refractivity contribution is 5.95. The van der Waals surface area contributed by atoms with Crippen molar-refractivity contribution >= 4 is 24.0 Å². The summed E-state index contributed by atoms with van der Waals surface area (Å²) in [5.41, 5.74) is 0.619. The highest BCUT2D eigenvalue weighted by atomic mass is 35.5. The van der Waals surface area contributed by atoms with Crippen LogP contribution in [0.5, 0.6) is 0 Å². The third-order valence-electron chi connectivity index (χ3n) is 3.94. The number of halogens is 1. The van der Waals surface area contributed by atoms with E-state index in [0.717, 1.165) is 19.4 Å². The van der Waals surface area contributed by atoms with Crippen LogP contribution in [0.25, 0.3) is 0 Å². The summed E-state index contributed by atoms with van der Waals surface area (Å²) < 4.78 is 0. The van der Waals surface area contributed by atoms with Crippen LogP contribution in [0.3, 0.4) is 0 Å². The molecule has 7 heteroatoms. The lowest BCUT2D eigenvalue weighted by atomic mass is 9.85. The van der Waals surface area contributed by atoms with Crippen molar-refractivity contribution in [2.75, 3.05) is 13.1 Å². The molecule has 1 saturated heterocycles. The van der Waals surface area contributed by atoms with Gasteiger partial charge in [-0.3, -0.25) is 14.9 Å². The third-order valence-corrected chi connectivity index (χ3v) is 3.94. The number of carbonyl (C=O) groups excluding carboxylic acids is 1. The van der Waals surface area contributed by atoms with Crippen LogP contribution in [0.2, 0.25) is 0 Å². The van der Waals surface area contributed by atoms with Crippen LogP contribution in [0, 0.1) is 10.1 Å². The number of nitrogens with one attached hydrogen (secondary N) is 2. The van der Waals surface area contributed by atoms with E-state index in [0.29, 0.717) is 23.7 Å². The van der Waals surface area contributed by atoms with E-state index in [-0.39, 0.29) is 29.4 Å². The summed E-state index contributed by atoms with van der Waals surface area (Å²) in [6.07, 6.45) is 2.16. The Morgan fingerprint density at radius 3 is 2.65 bits per heavy atom. The van der Waals surface area contributed by atoms with Gasteiger partial charge >= 0.3 is 0 Å². The van der Waals surface area contributed by atoms with Gasteiger partial charge in [0.1, 0.15) is 0 Å². The van der Waals surface area contributed by atoms with Crippen molar-refractivity contribution in [1.29, 1.82) is 0 Å². The first-order valence-electron chi connectivity index (χ1n) is 7.59. The van der Waals surface area contributed by atoms with Crippen LogP contribution in [0.4, 0.5) is 5.69 Å². The lowest BCUT2D eigenvalue weighted by Gasteiger charge is -2.19. The van der Waals surface area contributed by atoms with Gasteiger partial charge in [-0.2, -0.15) is 0 Å². The zero-order chi connectivity index (χ0) is 16.3. The van der Waals surface area contributed by atoms with E-state index in [9.17, 15) is 14.9 Å². The van der Waals surface area contributed by atoms with Crippen LogP contribution in [0.15, 0.2) is 18.2 Å². The molecule has 1 heterocycles. The number of nitro benzene ring substituents is 1. The molecule has 0 aromatic heterocycles. The minimum Gasteiger partial charge on any atom is -0.350 e. The Kier molecular flexibility index (Phi) is 6.53. The SMILES string of the molecule is CC(C)(C)c1ccc(C(=O)NCC2CCCN2)cc1[N+](=O)[O-].Cl. The standard InChI is InChI=1S/C16H23N3O3.ClH/c1-16(2,3)13-7-6-11(9-14(13)19(21)22)15(20)18-10-12-5-4-8-17-12;/h6-7,9,12,17H,4-5,8,10H2,1-3H3,(H,18,20);1H. The van der Waals surface area contributed by atoms with Gasteiger partial charge in [-0.15, -0.1) is 12.4 Å². The van der Waals surface area contributed by atoms with E-state index in [1.165, 1.54) is 6.07 Å². The minimum atomic E-state index is -0.421. The van der Waals surface area contributed by atoms with Gasteiger partial charge in [0.05, 0.1) is 4.92 Å². The van der Waals surface area contributed by atoms with E-state index < -0.39 is 4.92 Å². The molecule has 0 spiro atoms. The van der Waals surface area contributed by atoms with E-state index >= 15 is 0 Å². The van der Waals surface area contributed by atoms with E-state index in [2.05, 4.69) is 10.6 Å². The van der Waals surface area contributed by atoms with Gasteiger partial charge in [0, 0.05) is 29.8 Å². The van der Waals surface area contributed by atoms with Crippen molar-refractivity contribution < 1.29 is 9.72 Å².